The molecule has 0 aliphatic carbocycles. The Hall–Kier alpha value is -5.14. The molecular formula is C43H37N. The third-order valence-corrected chi connectivity index (χ3v) is 8.82. The minimum atomic E-state index is 0.440. The lowest BCUT2D eigenvalue weighted by atomic mass is 9.84. The molecule has 0 radical (unpaired) electrons. The lowest BCUT2D eigenvalue weighted by Gasteiger charge is -2.27. The molecule has 1 heteroatoms. The van der Waals surface area contributed by atoms with E-state index in [1.807, 2.05) is 0 Å². The van der Waals surface area contributed by atoms with E-state index in [1.54, 1.807) is 0 Å². The van der Waals surface area contributed by atoms with Crippen molar-refractivity contribution in [1.82, 2.24) is 0 Å². The van der Waals surface area contributed by atoms with Gasteiger partial charge in [-0.05, 0) is 105 Å². The van der Waals surface area contributed by atoms with Crippen LogP contribution in [0.25, 0.3) is 32.7 Å². The number of hydrogen-bond donors (Lipinski definition) is 0. The summed E-state index contributed by atoms with van der Waals surface area (Å²) >= 11 is 0. The van der Waals surface area contributed by atoms with E-state index in [0.717, 1.165) is 36.3 Å². The first-order valence-electron chi connectivity index (χ1n) is 15.8. The Balaban J connectivity index is 1.26. The van der Waals surface area contributed by atoms with Crippen LogP contribution in [0.3, 0.4) is 0 Å². The topological polar surface area (TPSA) is 3.24 Å². The van der Waals surface area contributed by atoms with Crippen LogP contribution >= 0.6 is 0 Å². The Bertz CT molecular complexity index is 1940. The maximum absolute atomic E-state index is 2.36. The first-order chi connectivity index (χ1) is 21.8. The predicted octanol–water partition coefficient (Wildman–Crippen LogP) is 12.3. The first-order valence-corrected chi connectivity index (χ1v) is 15.8. The monoisotopic (exact) mass is 567 g/mol. The summed E-state index contributed by atoms with van der Waals surface area (Å²) in [7, 11) is 0. The molecule has 0 N–H and O–H groups in total. The molecule has 0 aliphatic rings. The van der Waals surface area contributed by atoms with Gasteiger partial charge in [0.25, 0.3) is 0 Å². The van der Waals surface area contributed by atoms with E-state index in [1.165, 1.54) is 43.8 Å². The molecule has 0 saturated heterocycles. The molecule has 0 fully saturated rings. The van der Waals surface area contributed by atoms with Crippen molar-refractivity contribution in [2.24, 2.45) is 0 Å². The highest BCUT2D eigenvalue weighted by Crippen LogP contribution is 2.39. The molecule has 0 bridgehead atoms. The van der Waals surface area contributed by atoms with E-state index >= 15 is 0 Å². The van der Waals surface area contributed by atoms with Crippen molar-refractivity contribution >= 4 is 38.6 Å². The van der Waals surface area contributed by atoms with Crippen LogP contribution in [0.4, 0.5) is 17.1 Å². The van der Waals surface area contributed by atoms with Gasteiger partial charge in [-0.2, -0.15) is 0 Å². The zero-order chi connectivity index (χ0) is 29.7. The quantitative estimate of drug-likeness (QED) is 0.157. The zero-order valence-electron chi connectivity index (χ0n) is 25.2. The van der Waals surface area contributed by atoms with E-state index in [4.69, 9.17) is 0 Å². The lowest BCUT2D eigenvalue weighted by Crippen LogP contribution is -2.10. The van der Waals surface area contributed by atoms with Crippen LogP contribution in [0.5, 0.6) is 0 Å². The van der Waals surface area contributed by atoms with Gasteiger partial charge in [0.15, 0.2) is 0 Å². The Morgan fingerprint density at radius 2 is 1.02 bits per heavy atom. The standard InChI is InChI=1S/C43H37N/c1-2-14-34(31-43-41-23-11-9-17-36(41)29-37-18-10-12-24-42(37)43)33-25-27-39(28-26-33)44(38-20-7-4-8-21-38)40-22-13-19-35(30-40)32-15-5-3-6-16-32/h3-13,15-30,34H,2,14,31H2,1H3. The lowest BCUT2D eigenvalue weighted by molar-refractivity contribution is 0.614. The van der Waals surface area contributed by atoms with E-state index in [2.05, 4.69) is 176 Å². The van der Waals surface area contributed by atoms with Gasteiger partial charge >= 0.3 is 0 Å². The van der Waals surface area contributed by atoms with Gasteiger partial charge in [-0.15, -0.1) is 0 Å². The molecule has 0 heterocycles. The fourth-order valence-corrected chi connectivity index (χ4v) is 6.68. The van der Waals surface area contributed by atoms with Crippen molar-refractivity contribution in [3.05, 3.63) is 175 Å². The summed E-state index contributed by atoms with van der Waals surface area (Å²) in [5.74, 6) is 0.440. The summed E-state index contributed by atoms with van der Waals surface area (Å²) in [6.07, 6.45) is 3.33. The summed E-state index contributed by atoms with van der Waals surface area (Å²) in [5.41, 5.74) is 8.77. The van der Waals surface area contributed by atoms with Crippen molar-refractivity contribution in [2.75, 3.05) is 4.90 Å². The highest BCUT2D eigenvalue weighted by molar-refractivity contribution is 6.02. The van der Waals surface area contributed by atoms with Crippen LogP contribution in [0.15, 0.2) is 164 Å². The van der Waals surface area contributed by atoms with E-state index in [9.17, 15) is 0 Å². The first kappa shape index (κ1) is 27.7. The summed E-state index contributed by atoms with van der Waals surface area (Å²) in [6.45, 7) is 2.30. The van der Waals surface area contributed by atoms with Crippen LogP contribution < -0.4 is 4.90 Å². The molecule has 44 heavy (non-hydrogen) atoms. The van der Waals surface area contributed by atoms with Gasteiger partial charge in [0.1, 0.15) is 0 Å². The molecule has 0 amide bonds. The number of rotatable bonds is 9. The van der Waals surface area contributed by atoms with Crippen molar-refractivity contribution in [2.45, 2.75) is 32.1 Å². The molecule has 0 saturated carbocycles. The molecule has 0 aliphatic heterocycles. The fraction of sp³-hybridized carbons (Fsp3) is 0.116. The van der Waals surface area contributed by atoms with Gasteiger partial charge in [0.05, 0.1) is 0 Å². The SMILES string of the molecule is CCCC(Cc1c2ccccc2cc2ccccc12)c1ccc(N(c2ccccc2)c2cccc(-c3ccccc3)c2)cc1. The average molecular weight is 568 g/mol. The molecule has 7 aromatic carbocycles. The highest BCUT2D eigenvalue weighted by Gasteiger charge is 2.18. The Morgan fingerprint density at radius 1 is 0.477 bits per heavy atom. The smallest absolute Gasteiger partial charge is 0.0467 e. The largest absolute Gasteiger partial charge is 0.310 e. The second kappa shape index (κ2) is 12.6. The summed E-state index contributed by atoms with van der Waals surface area (Å²) in [6, 6.07) is 59.6. The molecule has 0 aromatic heterocycles. The van der Waals surface area contributed by atoms with Gasteiger partial charge in [-0.25, -0.2) is 0 Å². The molecular weight excluding hydrogens is 530 g/mol. The molecule has 1 atom stereocenters. The molecule has 214 valence electrons. The Morgan fingerprint density at radius 3 is 1.68 bits per heavy atom. The molecule has 0 spiro atoms. The van der Waals surface area contributed by atoms with Crippen LogP contribution in [-0.2, 0) is 6.42 Å². The van der Waals surface area contributed by atoms with Crippen LogP contribution in [-0.4, -0.2) is 0 Å². The third kappa shape index (κ3) is 5.62. The van der Waals surface area contributed by atoms with E-state index in [-0.39, 0.29) is 0 Å². The van der Waals surface area contributed by atoms with Crippen LogP contribution in [0.2, 0.25) is 0 Å². The molecule has 1 nitrogen and oxygen atoms in total. The Kier molecular flexibility index (Phi) is 7.93. The fourth-order valence-electron chi connectivity index (χ4n) is 6.68. The van der Waals surface area contributed by atoms with Crippen molar-refractivity contribution in [1.29, 1.82) is 0 Å². The normalized spacial score (nSPS) is 11.9. The average Bonchev–Trinajstić information content (AvgIpc) is 3.09. The van der Waals surface area contributed by atoms with Gasteiger partial charge in [0, 0.05) is 17.1 Å². The second-order valence-corrected chi connectivity index (χ2v) is 11.7. The third-order valence-electron chi connectivity index (χ3n) is 8.82. The van der Waals surface area contributed by atoms with Crippen molar-refractivity contribution in [3.8, 4) is 11.1 Å². The van der Waals surface area contributed by atoms with Gasteiger partial charge in [-0.1, -0.05) is 135 Å². The number of benzene rings is 7. The summed E-state index contributed by atoms with van der Waals surface area (Å²) < 4.78 is 0. The van der Waals surface area contributed by atoms with E-state index in [0.29, 0.717) is 5.92 Å². The van der Waals surface area contributed by atoms with Crippen molar-refractivity contribution in [3.63, 3.8) is 0 Å². The number of hydrogen-bond acceptors (Lipinski definition) is 1. The molecule has 1 unspecified atom stereocenters. The number of nitrogens with zero attached hydrogens (tertiary/aromatic N) is 1. The number of fused-ring (bicyclic) bond motifs is 2. The highest BCUT2D eigenvalue weighted by atomic mass is 15.1. The number of para-hydroxylation sites is 1. The number of anilines is 3. The van der Waals surface area contributed by atoms with Gasteiger partial charge < -0.3 is 4.90 Å². The Labute approximate surface area is 261 Å². The molecule has 7 aromatic rings. The predicted molar refractivity (Wildman–Crippen MR) is 189 cm³/mol. The van der Waals surface area contributed by atoms with Crippen molar-refractivity contribution < 1.29 is 0 Å². The van der Waals surface area contributed by atoms with Crippen LogP contribution in [0, 0.1) is 0 Å². The summed E-state index contributed by atoms with van der Waals surface area (Å²) in [4.78, 5) is 2.36. The maximum Gasteiger partial charge on any atom is 0.0467 e. The molecule has 7 rings (SSSR count). The minimum absolute atomic E-state index is 0.440. The van der Waals surface area contributed by atoms with E-state index < -0.39 is 0 Å². The summed E-state index contributed by atoms with van der Waals surface area (Å²) in [5, 5.41) is 5.39. The second-order valence-electron chi connectivity index (χ2n) is 11.7. The van der Waals surface area contributed by atoms with Gasteiger partial charge in [0.2, 0.25) is 0 Å². The van der Waals surface area contributed by atoms with Crippen LogP contribution in [0.1, 0.15) is 36.8 Å². The maximum atomic E-state index is 2.36. The van der Waals surface area contributed by atoms with Gasteiger partial charge in [-0.3, -0.25) is 0 Å². The minimum Gasteiger partial charge on any atom is -0.310 e. The zero-order valence-corrected chi connectivity index (χ0v) is 25.2.